The minimum atomic E-state index is -0.448. The zero-order chi connectivity index (χ0) is 15.7. The summed E-state index contributed by atoms with van der Waals surface area (Å²) >= 11 is 0. The number of carbonyl (C=O) groups is 1. The van der Waals surface area contributed by atoms with Crippen LogP contribution in [0.4, 0.5) is 0 Å². The van der Waals surface area contributed by atoms with Gasteiger partial charge < -0.3 is 10.2 Å². The molecule has 0 bridgehead atoms. The summed E-state index contributed by atoms with van der Waals surface area (Å²) in [6, 6.07) is 3.75. The maximum Gasteiger partial charge on any atom is 0.162 e. The molecular formula is C17H26O3. The third-order valence-electron chi connectivity index (χ3n) is 3.36. The molecule has 0 atom stereocenters. The van der Waals surface area contributed by atoms with Gasteiger partial charge in [-0.05, 0) is 27.5 Å². The minimum Gasteiger partial charge on any atom is -0.507 e. The highest BCUT2D eigenvalue weighted by Gasteiger charge is 2.26. The van der Waals surface area contributed by atoms with Gasteiger partial charge in [-0.3, -0.25) is 4.79 Å². The van der Waals surface area contributed by atoms with Crippen LogP contribution in [0.1, 0.15) is 58.2 Å². The van der Waals surface area contributed by atoms with E-state index in [2.05, 4.69) is 0 Å². The van der Waals surface area contributed by atoms with Crippen LogP contribution in [-0.2, 0) is 22.0 Å². The second-order valence-electron chi connectivity index (χ2n) is 7.41. The van der Waals surface area contributed by atoms with Gasteiger partial charge in [0, 0.05) is 6.42 Å². The largest absolute Gasteiger partial charge is 0.507 e. The van der Waals surface area contributed by atoms with Crippen LogP contribution in [-0.4, -0.2) is 22.6 Å². The van der Waals surface area contributed by atoms with Gasteiger partial charge in [-0.25, -0.2) is 0 Å². The lowest BCUT2D eigenvalue weighted by atomic mass is 9.78. The van der Waals surface area contributed by atoms with Crippen molar-refractivity contribution in [2.75, 3.05) is 6.61 Å². The van der Waals surface area contributed by atoms with E-state index >= 15 is 0 Å². The van der Waals surface area contributed by atoms with E-state index in [0.717, 1.165) is 16.7 Å². The topological polar surface area (TPSA) is 57.5 Å². The molecular weight excluding hydrogens is 252 g/mol. The molecule has 0 aliphatic rings. The predicted octanol–water partition coefficient (Wildman–Crippen LogP) is 3.09. The molecule has 1 rings (SSSR count). The van der Waals surface area contributed by atoms with E-state index in [1.54, 1.807) is 0 Å². The zero-order valence-corrected chi connectivity index (χ0v) is 13.4. The van der Waals surface area contributed by atoms with E-state index < -0.39 is 6.61 Å². The third-order valence-corrected chi connectivity index (χ3v) is 3.36. The average Bonchev–Trinajstić information content (AvgIpc) is 2.28. The van der Waals surface area contributed by atoms with Gasteiger partial charge in [0.2, 0.25) is 0 Å². The minimum absolute atomic E-state index is 0.197. The van der Waals surface area contributed by atoms with Crippen molar-refractivity contribution in [3.8, 4) is 5.75 Å². The van der Waals surface area contributed by atoms with Crippen LogP contribution in [0.3, 0.4) is 0 Å². The summed E-state index contributed by atoms with van der Waals surface area (Å²) in [4.78, 5) is 11.5. The van der Waals surface area contributed by atoms with Crippen LogP contribution in [0.15, 0.2) is 12.1 Å². The van der Waals surface area contributed by atoms with Crippen LogP contribution >= 0.6 is 0 Å². The number of aromatic hydroxyl groups is 1. The molecule has 3 heteroatoms. The highest BCUT2D eigenvalue weighted by molar-refractivity contribution is 5.82. The molecule has 0 spiro atoms. The summed E-state index contributed by atoms with van der Waals surface area (Å²) < 4.78 is 0. The molecule has 1 aromatic carbocycles. The molecule has 0 aromatic heterocycles. The first-order valence-corrected chi connectivity index (χ1v) is 6.96. The van der Waals surface area contributed by atoms with E-state index in [4.69, 9.17) is 5.11 Å². The molecule has 2 N–H and O–H groups in total. The molecule has 0 aliphatic carbocycles. The van der Waals surface area contributed by atoms with Crippen LogP contribution in [0.2, 0.25) is 0 Å². The Balaban J connectivity index is 3.46. The average molecular weight is 278 g/mol. The van der Waals surface area contributed by atoms with Gasteiger partial charge in [0.05, 0.1) is 0 Å². The normalized spacial score (nSPS) is 12.6. The number of ketones is 1. The molecule has 3 nitrogen and oxygen atoms in total. The van der Waals surface area contributed by atoms with E-state index in [1.165, 1.54) is 0 Å². The maximum absolute atomic E-state index is 11.5. The molecule has 0 heterocycles. The van der Waals surface area contributed by atoms with Crippen molar-refractivity contribution >= 4 is 5.78 Å². The maximum atomic E-state index is 11.5. The van der Waals surface area contributed by atoms with Gasteiger partial charge in [0.1, 0.15) is 12.4 Å². The summed E-state index contributed by atoms with van der Waals surface area (Å²) in [6.45, 7) is 11.8. The third kappa shape index (κ3) is 3.83. The van der Waals surface area contributed by atoms with Gasteiger partial charge in [-0.15, -0.1) is 0 Å². The van der Waals surface area contributed by atoms with Gasteiger partial charge in [-0.1, -0.05) is 53.7 Å². The van der Waals surface area contributed by atoms with Crippen molar-refractivity contribution in [1.82, 2.24) is 0 Å². The number of carbonyl (C=O) groups excluding carboxylic acids is 1. The number of rotatable bonds is 3. The summed E-state index contributed by atoms with van der Waals surface area (Å²) in [6.07, 6.45) is 0.197. The van der Waals surface area contributed by atoms with E-state index in [1.807, 2.05) is 53.7 Å². The Morgan fingerprint density at radius 2 is 1.40 bits per heavy atom. The molecule has 0 fully saturated rings. The van der Waals surface area contributed by atoms with Crippen molar-refractivity contribution in [1.29, 1.82) is 0 Å². The Bertz CT molecular complexity index is 467. The molecule has 0 radical (unpaired) electrons. The summed E-state index contributed by atoms with van der Waals surface area (Å²) in [7, 11) is 0. The first kappa shape index (κ1) is 16.7. The molecule has 0 saturated heterocycles. The number of phenols is 1. The SMILES string of the molecule is CC(C)(C)c1cc(CC(=O)CO)cc(C(C)(C)C)c1O. The quantitative estimate of drug-likeness (QED) is 0.893. The first-order valence-electron chi connectivity index (χ1n) is 6.96. The van der Waals surface area contributed by atoms with Crippen molar-refractivity contribution < 1.29 is 15.0 Å². The lowest BCUT2D eigenvalue weighted by Gasteiger charge is -2.28. The smallest absolute Gasteiger partial charge is 0.162 e. The Labute approximate surface area is 121 Å². The number of Topliss-reactive ketones (excluding diaryl/α,β-unsaturated/α-hetero) is 1. The van der Waals surface area contributed by atoms with Crippen molar-refractivity contribution in [3.63, 3.8) is 0 Å². The fourth-order valence-electron chi connectivity index (χ4n) is 2.22. The molecule has 0 amide bonds. The lowest BCUT2D eigenvalue weighted by Crippen LogP contribution is -2.19. The number of benzene rings is 1. The van der Waals surface area contributed by atoms with Gasteiger partial charge >= 0.3 is 0 Å². The Morgan fingerprint density at radius 3 is 1.70 bits per heavy atom. The standard InChI is InChI=1S/C17H26O3/c1-16(2,3)13-8-11(7-12(19)10-18)9-14(15(13)20)17(4,5)6/h8-9,18,20H,7,10H2,1-6H3. The summed E-state index contributed by atoms with van der Waals surface area (Å²) in [5, 5.41) is 19.5. The highest BCUT2D eigenvalue weighted by Crippen LogP contribution is 2.39. The number of hydrogen-bond donors (Lipinski definition) is 2. The van der Waals surface area contributed by atoms with Crippen molar-refractivity contribution in [2.24, 2.45) is 0 Å². The first-order chi connectivity index (χ1) is 8.96. The Morgan fingerprint density at radius 1 is 1.00 bits per heavy atom. The van der Waals surface area contributed by atoms with Crippen LogP contribution < -0.4 is 0 Å². The van der Waals surface area contributed by atoms with Gasteiger partial charge in [-0.2, -0.15) is 0 Å². The molecule has 0 aliphatic heterocycles. The second-order valence-corrected chi connectivity index (χ2v) is 7.41. The molecule has 0 saturated carbocycles. The molecule has 112 valence electrons. The van der Waals surface area contributed by atoms with Crippen LogP contribution in [0.25, 0.3) is 0 Å². The summed E-state index contributed by atoms with van der Waals surface area (Å²) in [5.74, 6) is 0.0978. The number of aliphatic hydroxyl groups excluding tert-OH is 1. The number of aliphatic hydroxyl groups is 1. The van der Waals surface area contributed by atoms with E-state index in [0.29, 0.717) is 5.75 Å². The molecule has 1 aromatic rings. The van der Waals surface area contributed by atoms with E-state index in [9.17, 15) is 9.90 Å². The van der Waals surface area contributed by atoms with Crippen LogP contribution in [0, 0.1) is 0 Å². The second kappa shape index (κ2) is 5.57. The monoisotopic (exact) mass is 278 g/mol. The fourth-order valence-corrected chi connectivity index (χ4v) is 2.22. The lowest BCUT2D eigenvalue weighted by molar-refractivity contribution is -0.121. The Kier molecular flexibility index (Phi) is 4.65. The van der Waals surface area contributed by atoms with Crippen LogP contribution in [0.5, 0.6) is 5.75 Å². The van der Waals surface area contributed by atoms with Gasteiger partial charge in [0.25, 0.3) is 0 Å². The number of hydrogen-bond acceptors (Lipinski definition) is 3. The van der Waals surface area contributed by atoms with Crippen molar-refractivity contribution in [2.45, 2.75) is 58.8 Å². The summed E-state index contributed by atoms with van der Waals surface area (Å²) in [5.41, 5.74) is 2.11. The molecule has 0 unspecified atom stereocenters. The molecule has 20 heavy (non-hydrogen) atoms. The van der Waals surface area contributed by atoms with Crippen molar-refractivity contribution in [3.05, 3.63) is 28.8 Å². The zero-order valence-electron chi connectivity index (χ0n) is 13.4. The fraction of sp³-hybridized carbons (Fsp3) is 0.588. The van der Waals surface area contributed by atoms with E-state index in [-0.39, 0.29) is 23.0 Å². The predicted molar refractivity (Wildman–Crippen MR) is 81.3 cm³/mol. The highest BCUT2D eigenvalue weighted by atomic mass is 16.3. The number of phenolic OH excluding ortho intramolecular Hbond substituents is 1. The van der Waals surface area contributed by atoms with Gasteiger partial charge in [0.15, 0.2) is 5.78 Å². The Hall–Kier alpha value is -1.35.